The summed E-state index contributed by atoms with van der Waals surface area (Å²) >= 11 is 2.71. The van der Waals surface area contributed by atoms with Crippen LogP contribution in [0.1, 0.15) is 15.2 Å². The molecule has 0 aliphatic carbocycles. The molecular formula is C15H13N3OS2. The smallest absolute Gasteiger partial charge is 0.267 e. The van der Waals surface area contributed by atoms with Crippen LogP contribution in [0.3, 0.4) is 0 Å². The van der Waals surface area contributed by atoms with E-state index < -0.39 is 0 Å². The van der Waals surface area contributed by atoms with E-state index in [9.17, 15) is 4.79 Å². The highest BCUT2D eigenvalue weighted by atomic mass is 32.1. The lowest BCUT2D eigenvalue weighted by molar-refractivity contribution is 0.0790. The van der Waals surface area contributed by atoms with Gasteiger partial charge < -0.3 is 4.90 Å². The lowest BCUT2D eigenvalue weighted by Gasteiger charge is -2.16. The SMILES string of the molecule is CN(Cc1ccccc1)C(=O)c1snnc1-c1cccs1. The molecular weight excluding hydrogens is 302 g/mol. The van der Waals surface area contributed by atoms with E-state index >= 15 is 0 Å². The maximum absolute atomic E-state index is 12.6. The Morgan fingerprint density at radius 2 is 2.00 bits per heavy atom. The fourth-order valence-corrected chi connectivity index (χ4v) is 3.46. The second kappa shape index (κ2) is 6.15. The molecule has 0 N–H and O–H groups in total. The summed E-state index contributed by atoms with van der Waals surface area (Å²) < 4.78 is 3.94. The third-order valence-corrected chi connectivity index (χ3v) is 4.64. The van der Waals surface area contributed by atoms with Crippen LogP contribution >= 0.6 is 22.9 Å². The Kier molecular flexibility index (Phi) is 4.08. The molecule has 0 spiro atoms. The lowest BCUT2D eigenvalue weighted by atomic mass is 10.2. The summed E-state index contributed by atoms with van der Waals surface area (Å²) in [6, 6.07) is 13.8. The van der Waals surface area contributed by atoms with E-state index in [1.165, 1.54) is 0 Å². The fourth-order valence-electron chi connectivity index (χ4n) is 2.01. The molecule has 1 amide bonds. The van der Waals surface area contributed by atoms with Gasteiger partial charge in [0.25, 0.3) is 5.91 Å². The van der Waals surface area contributed by atoms with Crippen LogP contribution in [0.25, 0.3) is 10.6 Å². The van der Waals surface area contributed by atoms with Gasteiger partial charge in [-0.05, 0) is 28.5 Å². The first-order chi connectivity index (χ1) is 10.3. The first-order valence-corrected chi connectivity index (χ1v) is 8.06. The van der Waals surface area contributed by atoms with Gasteiger partial charge in [0.05, 0.1) is 4.88 Å². The predicted molar refractivity (Wildman–Crippen MR) is 85.5 cm³/mol. The number of nitrogens with zero attached hydrogens (tertiary/aromatic N) is 3. The van der Waals surface area contributed by atoms with Gasteiger partial charge in [-0.3, -0.25) is 4.79 Å². The van der Waals surface area contributed by atoms with Crippen LogP contribution in [0, 0.1) is 0 Å². The van der Waals surface area contributed by atoms with Crippen LogP contribution in [0.5, 0.6) is 0 Å². The molecule has 0 unspecified atom stereocenters. The van der Waals surface area contributed by atoms with Gasteiger partial charge in [0.15, 0.2) is 0 Å². The van der Waals surface area contributed by atoms with Crippen LogP contribution in [-0.2, 0) is 6.54 Å². The third kappa shape index (κ3) is 3.01. The van der Waals surface area contributed by atoms with Crippen molar-refractivity contribution >= 4 is 28.8 Å². The molecule has 4 nitrogen and oxygen atoms in total. The van der Waals surface area contributed by atoms with Crippen molar-refractivity contribution in [1.82, 2.24) is 14.5 Å². The van der Waals surface area contributed by atoms with Crippen molar-refractivity contribution < 1.29 is 4.79 Å². The Labute approximate surface area is 130 Å². The average molecular weight is 315 g/mol. The molecule has 0 atom stereocenters. The number of carbonyl (C=O) groups is 1. The number of thiophene rings is 1. The number of hydrogen-bond acceptors (Lipinski definition) is 5. The van der Waals surface area contributed by atoms with E-state index in [0.717, 1.165) is 22.0 Å². The van der Waals surface area contributed by atoms with Gasteiger partial charge in [-0.2, -0.15) is 0 Å². The zero-order valence-electron chi connectivity index (χ0n) is 11.4. The van der Waals surface area contributed by atoms with E-state index in [2.05, 4.69) is 9.59 Å². The maximum Gasteiger partial charge on any atom is 0.267 e. The molecule has 0 fully saturated rings. The Bertz CT molecular complexity index is 722. The number of rotatable bonds is 4. The highest BCUT2D eigenvalue weighted by molar-refractivity contribution is 7.14. The molecule has 0 radical (unpaired) electrons. The molecule has 0 saturated carbocycles. The third-order valence-electron chi connectivity index (χ3n) is 3.05. The number of hydrogen-bond donors (Lipinski definition) is 0. The van der Waals surface area contributed by atoms with E-state index in [1.54, 1.807) is 23.3 Å². The van der Waals surface area contributed by atoms with Crippen LogP contribution in [0.4, 0.5) is 0 Å². The zero-order chi connectivity index (χ0) is 14.7. The van der Waals surface area contributed by atoms with Gasteiger partial charge >= 0.3 is 0 Å². The summed E-state index contributed by atoms with van der Waals surface area (Å²) in [6.45, 7) is 0.571. The number of benzene rings is 1. The number of amides is 1. The molecule has 6 heteroatoms. The summed E-state index contributed by atoms with van der Waals surface area (Å²) in [5.41, 5.74) is 1.78. The molecule has 0 aliphatic rings. The van der Waals surface area contributed by atoms with Gasteiger partial charge in [0.2, 0.25) is 0 Å². The standard InChI is InChI=1S/C15H13N3OS2/c1-18(10-11-6-3-2-4-7-11)15(19)14-13(16-17-21-14)12-8-5-9-20-12/h2-9H,10H2,1H3. The van der Waals surface area contributed by atoms with Crippen LogP contribution in [-0.4, -0.2) is 27.4 Å². The highest BCUT2D eigenvalue weighted by Gasteiger charge is 2.21. The number of carbonyl (C=O) groups excluding carboxylic acids is 1. The summed E-state index contributed by atoms with van der Waals surface area (Å²) in [4.78, 5) is 15.8. The molecule has 0 aliphatic heterocycles. The molecule has 1 aromatic carbocycles. The van der Waals surface area contributed by atoms with E-state index in [4.69, 9.17) is 0 Å². The molecule has 0 saturated heterocycles. The fraction of sp³-hybridized carbons (Fsp3) is 0.133. The largest absolute Gasteiger partial charge is 0.337 e. The Balaban J connectivity index is 1.81. The van der Waals surface area contributed by atoms with E-state index in [1.807, 2.05) is 47.8 Å². The summed E-state index contributed by atoms with van der Waals surface area (Å²) in [7, 11) is 1.80. The Hall–Kier alpha value is -2.05. The first-order valence-electron chi connectivity index (χ1n) is 6.41. The maximum atomic E-state index is 12.6. The Morgan fingerprint density at radius 3 is 2.71 bits per heavy atom. The number of aromatic nitrogens is 2. The van der Waals surface area contributed by atoms with Crippen molar-refractivity contribution in [2.24, 2.45) is 0 Å². The zero-order valence-corrected chi connectivity index (χ0v) is 13.0. The molecule has 2 aromatic heterocycles. The highest BCUT2D eigenvalue weighted by Crippen LogP contribution is 2.28. The van der Waals surface area contributed by atoms with E-state index in [-0.39, 0.29) is 5.91 Å². The molecule has 3 aromatic rings. The van der Waals surface area contributed by atoms with Crippen LogP contribution in [0.15, 0.2) is 47.8 Å². The van der Waals surface area contributed by atoms with E-state index in [0.29, 0.717) is 17.1 Å². The van der Waals surface area contributed by atoms with Gasteiger partial charge in [-0.15, -0.1) is 16.4 Å². The summed E-state index contributed by atoms with van der Waals surface area (Å²) in [5, 5.41) is 6.07. The van der Waals surface area contributed by atoms with Crippen molar-refractivity contribution in [3.8, 4) is 10.6 Å². The van der Waals surface area contributed by atoms with Crippen molar-refractivity contribution in [1.29, 1.82) is 0 Å². The lowest BCUT2D eigenvalue weighted by Crippen LogP contribution is -2.25. The Morgan fingerprint density at radius 1 is 1.19 bits per heavy atom. The minimum atomic E-state index is -0.0442. The summed E-state index contributed by atoms with van der Waals surface area (Å²) in [5.74, 6) is -0.0442. The minimum Gasteiger partial charge on any atom is -0.337 e. The van der Waals surface area contributed by atoms with Crippen molar-refractivity contribution in [2.75, 3.05) is 7.05 Å². The topological polar surface area (TPSA) is 46.1 Å². The molecule has 2 heterocycles. The van der Waals surface area contributed by atoms with Crippen molar-refractivity contribution in [3.05, 3.63) is 58.3 Å². The second-order valence-electron chi connectivity index (χ2n) is 4.57. The van der Waals surface area contributed by atoms with Crippen LogP contribution in [0.2, 0.25) is 0 Å². The minimum absolute atomic E-state index is 0.0442. The monoisotopic (exact) mass is 315 g/mol. The van der Waals surface area contributed by atoms with Gasteiger partial charge in [0.1, 0.15) is 10.6 Å². The van der Waals surface area contributed by atoms with Crippen molar-refractivity contribution in [2.45, 2.75) is 6.54 Å². The van der Waals surface area contributed by atoms with Crippen molar-refractivity contribution in [3.63, 3.8) is 0 Å². The quantitative estimate of drug-likeness (QED) is 0.740. The van der Waals surface area contributed by atoms with Crippen LogP contribution < -0.4 is 0 Å². The molecule has 21 heavy (non-hydrogen) atoms. The molecule has 106 valence electrons. The average Bonchev–Trinajstić information content (AvgIpc) is 3.18. The second-order valence-corrected chi connectivity index (χ2v) is 6.28. The predicted octanol–water partition coefficient (Wildman–Crippen LogP) is 3.54. The molecule has 3 rings (SSSR count). The summed E-state index contributed by atoms with van der Waals surface area (Å²) in [6.07, 6.45) is 0. The van der Waals surface area contributed by atoms with Gasteiger partial charge in [-0.1, -0.05) is 40.9 Å². The van der Waals surface area contributed by atoms with Gasteiger partial charge in [0, 0.05) is 13.6 Å². The van der Waals surface area contributed by atoms with Gasteiger partial charge in [-0.25, -0.2) is 0 Å². The normalized spacial score (nSPS) is 10.5. The first kappa shape index (κ1) is 13.9. The molecule has 0 bridgehead atoms.